The van der Waals surface area contributed by atoms with Crippen molar-refractivity contribution >= 4 is 41.6 Å². The molecule has 0 radical (unpaired) electrons. The number of carboxylic acid groups (broad SMARTS) is 1. The van der Waals surface area contributed by atoms with Crippen LogP contribution in [0.25, 0.3) is 0 Å². The molecule has 0 unspecified atom stereocenters. The fraction of sp³-hybridized carbons (Fsp3) is 0.667. The fourth-order valence-electron chi connectivity index (χ4n) is 0. The molecule has 0 atom stereocenters. The molecule has 0 saturated heterocycles. The second kappa shape index (κ2) is 3.38. The van der Waals surface area contributed by atoms with Crippen LogP contribution in [-0.4, -0.2) is 15.4 Å². The van der Waals surface area contributed by atoms with Crippen molar-refractivity contribution < 1.29 is 9.90 Å². The molecule has 0 aromatic heterocycles. The first kappa shape index (κ1) is 11.2. The van der Waals surface area contributed by atoms with E-state index in [4.69, 9.17) is 28.3 Å². The minimum absolute atomic E-state index is 0. The SMILES string of the molecule is CC(Cl)(Cl)C(=O)O.Cl. The van der Waals surface area contributed by atoms with Gasteiger partial charge < -0.3 is 5.11 Å². The van der Waals surface area contributed by atoms with E-state index < -0.39 is 10.3 Å². The van der Waals surface area contributed by atoms with Gasteiger partial charge in [-0.05, 0) is 6.92 Å². The number of carboxylic acids is 1. The summed E-state index contributed by atoms with van der Waals surface area (Å²) in [4.78, 5) is 9.76. The maximum Gasteiger partial charge on any atom is 0.339 e. The Hall–Kier alpha value is 0.340. The lowest BCUT2D eigenvalue weighted by Gasteiger charge is -2.02. The average Bonchev–Trinajstić information content (AvgIpc) is 1.31. The third-order valence-electron chi connectivity index (χ3n) is 0.376. The minimum atomic E-state index is -1.64. The van der Waals surface area contributed by atoms with Gasteiger partial charge in [0.1, 0.15) is 0 Å². The van der Waals surface area contributed by atoms with E-state index in [1.165, 1.54) is 6.92 Å². The van der Waals surface area contributed by atoms with Crippen molar-refractivity contribution in [3.63, 3.8) is 0 Å². The summed E-state index contributed by atoms with van der Waals surface area (Å²) < 4.78 is -1.64. The van der Waals surface area contributed by atoms with Gasteiger partial charge in [0.15, 0.2) is 0 Å². The first-order valence-corrected chi connectivity index (χ1v) is 2.31. The van der Waals surface area contributed by atoms with E-state index in [-0.39, 0.29) is 12.4 Å². The number of hydrogen-bond acceptors (Lipinski definition) is 1. The molecule has 0 saturated carbocycles. The van der Waals surface area contributed by atoms with E-state index in [1.807, 2.05) is 0 Å². The van der Waals surface area contributed by atoms with Crippen molar-refractivity contribution in [1.82, 2.24) is 0 Å². The predicted octanol–water partition coefficient (Wildman–Crippen LogP) is 1.69. The van der Waals surface area contributed by atoms with Crippen LogP contribution in [0.4, 0.5) is 0 Å². The number of carbonyl (C=O) groups is 1. The second-order valence-corrected chi connectivity index (χ2v) is 2.90. The molecule has 1 N–H and O–H groups in total. The van der Waals surface area contributed by atoms with Crippen molar-refractivity contribution in [2.24, 2.45) is 0 Å². The minimum Gasteiger partial charge on any atom is -0.479 e. The van der Waals surface area contributed by atoms with Crippen LogP contribution in [0.15, 0.2) is 0 Å². The summed E-state index contributed by atoms with van der Waals surface area (Å²) in [6, 6.07) is 0. The van der Waals surface area contributed by atoms with Gasteiger partial charge in [-0.2, -0.15) is 0 Å². The largest absolute Gasteiger partial charge is 0.479 e. The van der Waals surface area contributed by atoms with Gasteiger partial charge in [-0.15, -0.1) is 12.4 Å². The zero-order valence-electron chi connectivity index (χ0n) is 4.02. The molecule has 0 aromatic rings. The Morgan fingerprint density at radius 1 is 1.62 bits per heavy atom. The summed E-state index contributed by atoms with van der Waals surface area (Å²) in [6.07, 6.45) is 0. The summed E-state index contributed by atoms with van der Waals surface area (Å²) in [6.45, 7) is 1.19. The number of aliphatic carboxylic acids is 1. The van der Waals surface area contributed by atoms with Gasteiger partial charge in [0.05, 0.1) is 0 Å². The van der Waals surface area contributed by atoms with Crippen LogP contribution < -0.4 is 0 Å². The zero-order chi connectivity index (χ0) is 6.08. The van der Waals surface area contributed by atoms with E-state index in [2.05, 4.69) is 0 Å². The maximum atomic E-state index is 9.76. The Balaban J connectivity index is 0. The third-order valence-corrected chi connectivity index (χ3v) is 0.699. The quantitative estimate of drug-likeness (QED) is 0.622. The van der Waals surface area contributed by atoms with Gasteiger partial charge in [-0.25, -0.2) is 4.79 Å². The second-order valence-electron chi connectivity index (χ2n) is 1.19. The Morgan fingerprint density at radius 2 is 1.75 bits per heavy atom. The predicted molar refractivity (Wildman–Crippen MR) is 35.0 cm³/mol. The Labute approximate surface area is 63.2 Å². The van der Waals surface area contributed by atoms with Crippen LogP contribution >= 0.6 is 35.6 Å². The van der Waals surface area contributed by atoms with E-state index in [9.17, 15) is 4.79 Å². The fourth-order valence-corrected chi connectivity index (χ4v) is 0. The average molecular weight is 179 g/mol. The number of rotatable bonds is 1. The molecule has 5 heteroatoms. The molecule has 0 spiro atoms. The zero-order valence-corrected chi connectivity index (χ0v) is 6.35. The summed E-state index contributed by atoms with van der Waals surface area (Å²) >= 11 is 10.1. The van der Waals surface area contributed by atoms with Crippen molar-refractivity contribution in [1.29, 1.82) is 0 Å². The van der Waals surface area contributed by atoms with E-state index in [1.54, 1.807) is 0 Å². The topological polar surface area (TPSA) is 37.3 Å². The maximum absolute atomic E-state index is 9.76. The number of hydrogen-bond donors (Lipinski definition) is 1. The molecule has 0 bridgehead atoms. The Kier molecular flexibility index (Phi) is 4.73. The van der Waals surface area contributed by atoms with Crippen LogP contribution in [0.1, 0.15) is 6.92 Å². The lowest BCUT2D eigenvalue weighted by Crippen LogP contribution is -2.19. The monoisotopic (exact) mass is 178 g/mol. The van der Waals surface area contributed by atoms with Gasteiger partial charge in [0.2, 0.25) is 4.33 Å². The van der Waals surface area contributed by atoms with Crippen LogP contribution in [0, 0.1) is 0 Å². The first-order chi connectivity index (χ1) is 2.94. The van der Waals surface area contributed by atoms with Gasteiger partial charge in [-0.1, -0.05) is 23.2 Å². The van der Waals surface area contributed by atoms with Gasteiger partial charge >= 0.3 is 5.97 Å². The number of alkyl halides is 2. The summed E-state index contributed by atoms with van der Waals surface area (Å²) in [5.74, 6) is -1.23. The lowest BCUT2D eigenvalue weighted by atomic mass is 10.5. The molecule has 50 valence electrons. The Bertz CT molecular complexity index is 85.0. The molecule has 0 fully saturated rings. The van der Waals surface area contributed by atoms with Gasteiger partial charge in [0, 0.05) is 0 Å². The molecular formula is C3H5Cl3O2. The van der Waals surface area contributed by atoms with Gasteiger partial charge in [-0.3, -0.25) is 0 Å². The van der Waals surface area contributed by atoms with Crippen LogP contribution in [0.5, 0.6) is 0 Å². The normalized spacial score (nSPS) is 9.88. The molecule has 8 heavy (non-hydrogen) atoms. The molecular weight excluding hydrogens is 174 g/mol. The highest BCUT2D eigenvalue weighted by atomic mass is 35.5. The van der Waals surface area contributed by atoms with E-state index in [0.717, 1.165) is 0 Å². The van der Waals surface area contributed by atoms with E-state index >= 15 is 0 Å². The van der Waals surface area contributed by atoms with Crippen LogP contribution in [0.3, 0.4) is 0 Å². The summed E-state index contributed by atoms with van der Waals surface area (Å²) in [7, 11) is 0. The molecule has 0 amide bonds. The summed E-state index contributed by atoms with van der Waals surface area (Å²) in [5, 5.41) is 7.99. The molecule has 2 nitrogen and oxygen atoms in total. The third kappa shape index (κ3) is 4.50. The highest BCUT2D eigenvalue weighted by molar-refractivity contribution is 6.56. The van der Waals surface area contributed by atoms with Crippen molar-refractivity contribution in [3.8, 4) is 0 Å². The number of halogens is 3. The molecule has 0 aliphatic heterocycles. The highest BCUT2D eigenvalue weighted by Crippen LogP contribution is 2.18. The highest BCUT2D eigenvalue weighted by Gasteiger charge is 2.25. The van der Waals surface area contributed by atoms with Crippen LogP contribution in [-0.2, 0) is 4.79 Å². The van der Waals surface area contributed by atoms with Crippen molar-refractivity contribution in [2.75, 3.05) is 0 Å². The van der Waals surface area contributed by atoms with Crippen molar-refractivity contribution in [2.45, 2.75) is 11.3 Å². The Morgan fingerprint density at radius 3 is 1.75 bits per heavy atom. The van der Waals surface area contributed by atoms with Crippen molar-refractivity contribution in [3.05, 3.63) is 0 Å². The van der Waals surface area contributed by atoms with E-state index in [0.29, 0.717) is 0 Å². The molecule has 0 rings (SSSR count). The van der Waals surface area contributed by atoms with Gasteiger partial charge in [0.25, 0.3) is 0 Å². The van der Waals surface area contributed by atoms with Crippen LogP contribution in [0.2, 0.25) is 0 Å². The smallest absolute Gasteiger partial charge is 0.339 e. The first-order valence-electron chi connectivity index (χ1n) is 1.56. The lowest BCUT2D eigenvalue weighted by molar-refractivity contribution is -0.137. The summed E-state index contributed by atoms with van der Waals surface area (Å²) in [5.41, 5.74) is 0. The molecule has 0 aliphatic rings. The standard InChI is InChI=1S/C3H4Cl2O2.ClH/c1-3(4,5)2(6)7;/h1H3,(H,6,7);1H. The molecule has 0 heterocycles. The molecule has 0 aromatic carbocycles. The molecule has 0 aliphatic carbocycles.